The zero-order valence-electron chi connectivity index (χ0n) is 13.9. The van der Waals surface area contributed by atoms with Crippen LogP contribution in [0.4, 0.5) is 17.2 Å². The zero-order valence-corrected chi connectivity index (χ0v) is 13.9. The Morgan fingerprint density at radius 2 is 1.88 bits per heavy atom. The minimum absolute atomic E-state index is 0.210. The third-order valence-corrected chi connectivity index (χ3v) is 3.54. The Balaban J connectivity index is 1.75. The van der Waals surface area contributed by atoms with Crippen LogP contribution < -0.4 is 15.4 Å². The van der Waals surface area contributed by atoms with Crippen LogP contribution in [0, 0.1) is 11.3 Å². The molecular formula is C19H15N5O2. The second-order valence-corrected chi connectivity index (χ2v) is 5.26. The Kier molecular flexibility index (Phi) is 5.05. The molecule has 0 fully saturated rings. The van der Waals surface area contributed by atoms with Crippen molar-refractivity contribution in [2.75, 3.05) is 17.7 Å². The Labute approximate surface area is 150 Å². The summed E-state index contributed by atoms with van der Waals surface area (Å²) in [6.07, 6.45) is 1.31. The zero-order chi connectivity index (χ0) is 18.4. The first-order valence-corrected chi connectivity index (χ1v) is 7.73. The first-order chi connectivity index (χ1) is 12.7. The summed E-state index contributed by atoms with van der Waals surface area (Å²) in [5.41, 5.74) is 2.04. The molecule has 0 radical (unpaired) electrons. The van der Waals surface area contributed by atoms with Gasteiger partial charge in [0.2, 0.25) is 0 Å². The van der Waals surface area contributed by atoms with Crippen molar-refractivity contribution in [1.29, 1.82) is 5.26 Å². The number of aromatic nitrogens is 2. The summed E-state index contributed by atoms with van der Waals surface area (Å²) in [6.45, 7) is 0. The standard InChI is InChI=1S/C19H15N5O2/c1-26-17-5-3-2-4-15(17)24-18-10-16(21-12-22-18)19(25)23-14-8-6-13(11-20)7-9-14/h2-10,12H,1H3,(H,23,25)(H,21,22,24). The molecule has 0 saturated carbocycles. The lowest BCUT2D eigenvalue weighted by atomic mass is 10.2. The van der Waals surface area contributed by atoms with Gasteiger partial charge in [0.1, 0.15) is 23.6 Å². The predicted octanol–water partition coefficient (Wildman–Crippen LogP) is 3.35. The van der Waals surface area contributed by atoms with Crippen LogP contribution in [0.25, 0.3) is 0 Å². The number of carbonyl (C=O) groups is 1. The number of ether oxygens (including phenoxy) is 1. The highest BCUT2D eigenvalue weighted by atomic mass is 16.5. The molecule has 7 heteroatoms. The van der Waals surface area contributed by atoms with Gasteiger partial charge in [-0.2, -0.15) is 5.26 Å². The fraction of sp³-hybridized carbons (Fsp3) is 0.0526. The van der Waals surface area contributed by atoms with E-state index in [1.54, 1.807) is 37.4 Å². The number of hydrogen-bond acceptors (Lipinski definition) is 6. The average Bonchev–Trinajstić information content (AvgIpc) is 2.69. The highest BCUT2D eigenvalue weighted by molar-refractivity contribution is 6.03. The lowest BCUT2D eigenvalue weighted by Gasteiger charge is -2.10. The van der Waals surface area contributed by atoms with E-state index in [2.05, 4.69) is 20.6 Å². The SMILES string of the molecule is COc1ccccc1Nc1cc(C(=O)Nc2ccc(C#N)cc2)ncn1. The summed E-state index contributed by atoms with van der Waals surface area (Å²) in [5.74, 6) is 0.754. The molecule has 0 aliphatic rings. The van der Waals surface area contributed by atoms with Crippen LogP contribution in [0.2, 0.25) is 0 Å². The largest absolute Gasteiger partial charge is 0.495 e. The maximum atomic E-state index is 12.4. The van der Waals surface area contributed by atoms with Crippen molar-refractivity contribution >= 4 is 23.1 Å². The van der Waals surface area contributed by atoms with Gasteiger partial charge in [-0.15, -0.1) is 0 Å². The maximum Gasteiger partial charge on any atom is 0.274 e. The second kappa shape index (κ2) is 7.77. The van der Waals surface area contributed by atoms with Crippen LogP contribution >= 0.6 is 0 Å². The van der Waals surface area contributed by atoms with E-state index in [9.17, 15) is 4.79 Å². The fourth-order valence-electron chi connectivity index (χ4n) is 2.26. The van der Waals surface area contributed by atoms with Crippen LogP contribution in [0.15, 0.2) is 60.9 Å². The van der Waals surface area contributed by atoms with E-state index < -0.39 is 0 Å². The van der Waals surface area contributed by atoms with Crippen molar-refractivity contribution in [3.8, 4) is 11.8 Å². The maximum absolute atomic E-state index is 12.4. The number of rotatable bonds is 5. The van der Waals surface area contributed by atoms with Gasteiger partial charge in [-0.1, -0.05) is 12.1 Å². The molecule has 0 bridgehead atoms. The molecule has 0 spiro atoms. The molecule has 0 aliphatic carbocycles. The Bertz CT molecular complexity index is 964. The quantitative estimate of drug-likeness (QED) is 0.735. The molecule has 0 atom stereocenters. The molecule has 0 saturated heterocycles. The van der Waals surface area contributed by atoms with Crippen molar-refractivity contribution in [2.24, 2.45) is 0 Å². The number of hydrogen-bond donors (Lipinski definition) is 2. The van der Waals surface area contributed by atoms with Gasteiger partial charge >= 0.3 is 0 Å². The van der Waals surface area contributed by atoms with Gasteiger partial charge < -0.3 is 15.4 Å². The van der Waals surface area contributed by atoms with Crippen molar-refractivity contribution in [3.05, 3.63) is 72.2 Å². The lowest BCUT2D eigenvalue weighted by molar-refractivity contribution is 0.102. The van der Waals surface area contributed by atoms with Gasteiger partial charge in [0.25, 0.3) is 5.91 Å². The Morgan fingerprint density at radius 3 is 2.62 bits per heavy atom. The van der Waals surface area contributed by atoms with E-state index >= 15 is 0 Å². The van der Waals surface area contributed by atoms with Crippen LogP contribution in [0.5, 0.6) is 5.75 Å². The smallest absolute Gasteiger partial charge is 0.274 e. The van der Waals surface area contributed by atoms with E-state index in [4.69, 9.17) is 10.00 Å². The van der Waals surface area contributed by atoms with Crippen LogP contribution in [-0.2, 0) is 0 Å². The summed E-state index contributed by atoms with van der Waals surface area (Å²) < 4.78 is 5.29. The number of amides is 1. The predicted molar refractivity (Wildman–Crippen MR) is 97.4 cm³/mol. The number of nitrogens with one attached hydrogen (secondary N) is 2. The molecular weight excluding hydrogens is 330 g/mol. The van der Waals surface area contributed by atoms with E-state index in [0.717, 1.165) is 5.69 Å². The van der Waals surface area contributed by atoms with Crippen molar-refractivity contribution in [2.45, 2.75) is 0 Å². The molecule has 7 nitrogen and oxygen atoms in total. The number of methoxy groups -OCH3 is 1. The number of carbonyl (C=O) groups excluding carboxylic acids is 1. The number of benzene rings is 2. The number of para-hydroxylation sites is 2. The van der Waals surface area contributed by atoms with Crippen LogP contribution in [0.1, 0.15) is 16.1 Å². The van der Waals surface area contributed by atoms with Crippen molar-refractivity contribution < 1.29 is 9.53 Å². The minimum atomic E-state index is -0.375. The summed E-state index contributed by atoms with van der Waals surface area (Å²) in [7, 11) is 1.58. The molecule has 1 aromatic heterocycles. The molecule has 1 heterocycles. The van der Waals surface area contributed by atoms with Gasteiger partial charge in [-0.3, -0.25) is 4.79 Å². The van der Waals surface area contributed by atoms with Crippen LogP contribution in [-0.4, -0.2) is 23.0 Å². The molecule has 128 valence electrons. The molecule has 3 aromatic rings. The Morgan fingerprint density at radius 1 is 1.12 bits per heavy atom. The average molecular weight is 345 g/mol. The monoisotopic (exact) mass is 345 g/mol. The van der Waals surface area contributed by atoms with E-state index in [0.29, 0.717) is 22.8 Å². The molecule has 26 heavy (non-hydrogen) atoms. The number of nitrogens with zero attached hydrogens (tertiary/aromatic N) is 3. The highest BCUT2D eigenvalue weighted by Gasteiger charge is 2.10. The molecule has 1 amide bonds. The van der Waals surface area contributed by atoms with Gasteiger partial charge in [0.05, 0.1) is 24.4 Å². The summed E-state index contributed by atoms with van der Waals surface area (Å²) in [4.78, 5) is 20.5. The van der Waals surface area contributed by atoms with Crippen molar-refractivity contribution in [3.63, 3.8) is 0 Å². The molecule has 3 rings (SSSR count). The van der Waals surface area contributed by atoms with Crippen LogP contribution in [0.3, 0.4) is 0 Å². The topological polar surface area (TPSA) is 99.9 Å². The summed E-state index contributed by atoms with van der Waals surface area (Å²) in [6, 6.07) is 17.5. The Hall–Kier alpha value is -3.92. The molecule has 0 unspecified atom stereocenters. The molecule has 0 aliphatic heterocycles. The third kappa shape index (κ3) is 3.94. The first kappa shape index (κ1) is 16.9. The van der Waals surface area contributed by atoms with Gasteiger partial charge in [0.15, 0.2) is 0 Å². The lowest BCUT2D eigenvalue weighted by Crippen LogP contribution is -2.14. The van der Waals surface area contributed by atoms with Gasteiger partial charge in [-0.05, 0) is 36.4 Å². The van der Waals surface area contributed by atoms with E-state index in [1.807, 2.05) is 30.3 Å². The van der Waals surface area contributed by atoms with Gasteiger partial charge in [-0.25, -0.2) is 9.97 Å². The fourth-order valence-corrected chi connectivity index (χ4v) is 2.26. The van der Waals surface area contributed by atoms with Crippen molar-refractivity contribution in [1.82, 2.24) is 9.97 Å². The summed E-state index contributed by atoms with van der Waals surface area (Å²) >= 11 is 0. The normalized spacial score (nSPS) is 9.85. The van der Waals surface area contributed by atoms with Gasteiger partial charge in [0, 0.05) is 11.8 Å². The van der Waals surface area contributed by atoms with E-state index in [1.165, 1.54) is 6.33 Å². The van der Waals surface area contributed by atoms with E-state index in [-0.39, 0.29) is 11.6 Å². The first-order valence-electron chi connectivity index (χ1n) is 7.73. The number of anilines is 3. The minimum Gasteiger partial charge on any atom is -0.495 e. The second-order valence-electron chi connectivity index (χ2n) is 5.26. The summed E-state index contributed by atoms with van der Waals surface area (Å²) in [5, 5.41) is 14.6. The number of nitriles is 1. The molecule has 2 aromatic carbocycles. The third-order valence-electron chi connectivity index (χ3n) is 3.54. The molecule has 2 N–H and O–H groups in total. The highest BCUT2D eigenvalue weighted by Crippen LogP contribution is 2.26.